The van der Waals surface area contributed by atoms with E-state index in [4.69, 9.17) is 9.15 Å². The van der Waals surface area contributed by atoms with Crippen molar-refractivity contribution in [2.45, 2.75) is 32.2 Å². The number of piperidine rings is 1. The lowest BCUT2D eigenvalue weighted by molar-refractivity contribution is -0.141. The van der Waals surface area contributed by atoms with Gasteiger partial charge >= 0.3 is 0 Å². The molecule has 6 heteroatoms. The maximum Gasteiger partial charge on any atom is 0.225 e. The number of aryl methyl sites for hydroxylation is 1. The van der Waals surface area contributed by atoms with E-state index < -0.39 is 0 Å². The van der Waals surface area contributed by atoms with Crippen molar-refractivity contribution in [3.8, 4) is 5.75 Å². The molecule has 1 aromatic carbocycles. The Labute approximate surface area is 159 Å². The highest BCUT2D eigenvalue weighted by Crippen LogP contribution is 2.36. The average molecular weight is 370 g/mol. The second-order valence-corrected chi connectivity index (χ2v) is 6.92. The molecule has 1 fully saturated rings. The van der Waals surface area contributed by atoms with Crippen LogP contribution in [0, 0.1) is 12.8 Å². The third-order valence-electron chi connectivity index (χ3n) is 5.12. The molecule has 144 valence electrons. The first kappa shape index (κ1) is 19.0. The Morgan fingerprint density at radius 3 is 2.63 bits per heavy atom. The highest BCUT2D eigenvalue weighted by Gasteiger charge is 2.38. The van der Waals surface area contributed by atoms with Crippen LogP contribution in [0.1, 0.15) is 36.0 Å². The maximum atomic E-state index is 12.8. The van der Waals surface area contributed by atoms with Crippen LogP contribution < -0.4 is 10.1 Å². The fourth-order valence-electron chi connectivity index (χ4n) is 3.63. The number of methoxy groups -OCH3 is 1. The molecule has 2 amide bonds. The molecule has 0 saturated carbocycles. The van der Waals surface area contributed by atoms with Gasteiger partial charge in [0.05, 0.1) is 19.1 Å². The molecule has 1 aliphatic heterocycles. The molecule has 0 aliphatic carbocycles. The molecule has 2 aromatic rings. The fourth-order valence-corrected chi connectivity index (χ4v) is 3.63. The molecule has 1 aliphatic rings. The van der Waals surface area contributed by atoms with Crippen molar-refractivity contribution in [2.75, 3.05) is 20.7 Å². The van der Waals surface area contributed by atoms with Gasteiger partial charge in [-0.05, 0) is 43.2 Å². The number of likely N-dealkylation sites (tertiary alicyclic amines) is 1. The van der Waals surface area contributed by atoms with Gasteiger partial charge in [-0.3, -0.25) is 9.59 Å². The van der Waals surface area contributed by atoms with Gasteiger partial charge in [0, 0.05) is 26.4 Å². The molecular formula is C21H26N2O4. The highest BCUT2D eigenvalue weighted by molar-refractivity contribution is 5.84. The van der Waals surface area contributed by atoms with Gasteiger partial charge in [-0.15, -0.1) is 0 Å². The smallest absolute Gasteiger partial charge is 0.225 e. The van der Waals surface area contributed by atoms with E-state index in [0.717, 1.165) is 22.8 Å². The van der Waals surface area contributed by atoms with Crippen molar-refractivity contribution in [3.05, 3.63) is 53.5 Å². The van der Waals surface area contributed by atoms with Gasteiger partial charge in [0.15, 0.2) is 0 Å². The van der Waals surface area contributed by atoms with Crippen LogP contribution in [-0.4, -0.2) is 37.4 Å². The van der Waals surface area contributed by atoms with Crippen molar-refractivity contribution in [3.63, 3.8) is 0 Å². The van der Waals surface area contributed by atoms with Gasteiger partial charge in [-0.2, -0.15) is 0 Å². The van der Waals surface area contributed by atoms with Crippen molar-refractivity contribution >= 4 is 11.8 Å². The van der Waals surface area contributed by atoms with Crippen molar-refractivity contribution in [2.24, 2.45) is 5.92 Å². The Morgan fingerprint density at radius 1 is 1.26 bits per heavy atom. The molecule has 1 N–H and O–H groups in total. The number of hydrogen-bond acceptors (Lipinski definition) is 4. The average Bonchev–Trinajstić information content (AvgIpc) is 3.09. The molecule has 0 radical (unpaired) electrons. The maximum absolute atomic E-state index is 12.8. The van der Waals surface area contributed by atoms with Crippen LogP contribution in [0.15, 0.2) is 40.8 Å². The van der Waals surface area contributed by atoms with Gasteiger partial charge in [0.25, 0.3) is 0 Å². The summed E-state index contributed by atoms with van der Waals surface area (Å²) >= 11 is 0. The molecular weight excluding hydrogens is 344 g/mol. The lowest BCUT2D eigenvalue weighted by atomic mass is 9.84. The van der Waals surface area contributed by atoms with Crippen LogP contribution in [0.25, 0.3) is 0 Å². The van der Waals surface area contributed by atoms with E-state index in [0.29, 0.717) is 25.8 Å². The molecule has 1 aromatic heterocycles. The van der Waals surface area contributed by atoms with E-state index in [1.54, 1.807) is 19.1 Å². The fraction of sp³-hybridized carbons (Fsp3) is 0.429. The monoisotopic (exact) mass is 370 g/mol. The van der Waals surface area contributed by atoms with Crippen LogP contribution >= 0.6 is 0 Å². The summed E-state index contributed by atoms with van der Waals surface area (Å²) in [5.41, 5.74) is 0.938. The zero-order valence-electron chi connectivity index (χ0n) is 16.0. The Balaban J connectivity index is 1.69. The second-order valence-electron chi connectivity index (χ2n) is 6.92. The van der Waals surface area contributed by atoms with Crippen molar-refractivity contribution in [1.29, 1.82) is 0 Å². The number of benzene rings is 1. The third-order valence-corrected chi connectivity index (χ3v) is 5.12. The number of furan rings is 1. The summed E-state index contributed by atoms with van der Waals surface area (Å²) in [5, 5.41) is 3.01. The minimum atomic E-state index is -0.278. The van der Waals surface area contributed by atoms with E-state index >= 15 is 0 Å². The molecule has 2 atom stereocenters. The highest BCUT2D eigenvalue weighted by atomic mass is 16.5. The summed E-state index contributed by atoms with van der Waals surface area (Å²) in [6.07, 6.45) is 1.58. The number of amides is 2. The molecule has 0 spiro atoms. The topological polar surface area (TPSA) is 71.8 Å². The third kappa shape index (κ3) is 4.32. The second kappa shape index (κ2) is 8.29. The van der Waals surface area contributed by atoms with Crippen LogP contribution in [0.2, 0.25) is 0 Å². The summed E-state index contributed by atoms with van der Waals surface area (Å²) in [6, 6.07) is 11.1. The normalized spacial score (nSPS) is 19.8. The van der Waals surface area contributed by atoms with E-state index in [9.17, 15) is 9.59 Å². The summed E-state index contributed by atoms with van der Waals surface area (Å²) in [6.45, 7) is 2.41. The number of nitrogens with one attached hydrogen (secondary N) is 1. The van der Waals surface area contributed by atoms with E-state index in [1.165, 1.54) is 0 Å². The summed E-state index contributed by atoms with van der Waals surface area (Å²) < 4.78 is 10.7. The van der Waals surface area contributed by atoms with Crippen LogP contribution in [0.5, 0.6) is 5.75 Å². The number of hydrogen-bond donors (Lipinski definition) is 1. The zero-order valence-corrected chi connectivity index (χ0v) is 16.0. The number of carbonyl (C=O) groups excluding carboxylic acids is 2. The Morgan fingerprint density at radius 2 is 2.00 bits per heavy atom. The predicted octanol–water partition coefficient (Wildman–Crippen LogP) is 2.87. The van der Waals surface area contributed by atoms with Crippen LogP contribution in [0.4, 0.5) is 0 Å². The molecule has 3 rings (SSSR count). The quantitative estimate of drug-likeness (QED) is 0.849. The lowest BCUT2D eigenvalue weighted by Crippen LogP contribution is -2.46. The molecule has 2 heterocycles. The molecule has 1 saturated heterocycles. The molecule has 0 unspecified atom stereocenters. The first-order chi connectivity index (χ1) is 13.0. The number of nitrogens with zero attached hydrogens (tertiary/aromatic N) is 1. The van der Waals surface area contributed by atoms with E-state index in [-0.39, 0.29) is 23.8 Å². The first-order valence-electron chi connectivity index (χ1n) is 9.22. The number of carbonyl (C=O) groups is 2. The Bertz CT molecular complexity index is 797. The van der Waals surface area contributed by atoms with Gasteiger partial charge in [0.2, 0.25) is 11.8 Å². The van der Waals surface area contributed by atoms with Crippen LogP contribution in [-0.2, 0) is 16.0 Å². The SMILES string of the molecule is COc1ccc([C@H]2[C@@H](C(=O)NCCc3ccc(C)o3)CCC(=O)N2C)cc1. The molecule has 6 nitrogen and oxygen atoms in total. The van der Waals surface area contributed by atoms with Crippen molar-refractivity contribution in [1.82, 2.24) is 10.2 Å². The van der Waals surface area contributed by atoms with Crippen LogP contribution in [0.3, 0.4) is 0 Å². The van der Waals surface area contributed by atoms with Crippen molar-refractivity contribution < 1.29 is 18.7 Å². The summed E-state index contributed by atoms with van der Waals surface area (Å²) in [5.74, 6) is 2.22. The minimum Gasteiger partial charge on any atom is -0.497 e. The lowest BCUT2D eigenvalue weighted by Gasteiger charge is -2.38. The number of rotatable bonds is 6. The minimum absolute atomic E-state index is 0.0292. The summed E-state index contributed by atoms with van der Waals surface area (Å²) in [7, 11) is 3.38. The van der Waals surface area contributed by atoms with Gasteiger partial charge in [0.1, 0.15) is 17.3 Å². The van der Waals surface area contributed by atoms with E-state index in [1.807, 2.05) is 43.3 Å². The molecule has 0 bridgehead atoms. The predicted molar refractivity (Wildman–Crippen MR) is 101 cm³/mol. The van der Waals surface area contributed by atoms with Gasteiger partial charge in [-0.1, -0.05) is 12.1 Å². The standard InChI is InChI=1S/C21H26N2O4/c1-14-4-7-17(27-14)12-13-22-21(25)18-10-11-19(24)23(2)20(18)15-5-8-16(26-3)9-6-15/h4-9,18,20H,10-13H2,1-3H3,(H,22,25)/t18-,20-/m0/s1. The Kier molecular flexibility index (Phi) is 5.84. The van der Waals surface area contributed by atoms with E-state index in [2.05, 4.69) is 5.32 Å². The Hall–Kier alpha value is -2.76. The van der Waals surface area contributed by atoms with Gasteiger partial charge in [-0.25, -0.2) is 0 Å². The largest absolute Gasteiger partial charge is 0.497 e. The number of ether oxygens (including phenoxy) is 1. The van der Waals surface area contributed by atoms with Gasteiger partial charge < -0.3 is 19.4 Å². The summed E-state index contributed by atoms with van der Waals surface area (Å²) in [4.78, 5) is 26.8. The zero-order chi connectivity index (χ0) is 19.4. The molecule has 27 heavy (non-hydrogen) atoms. The first-order valence-corrected chi connectivity index (χ1v) is 9.22.